The third-order valence-electron chi connectivity index (χ3n) is 4.60. The maximum Gasteiger partial charge on any atom is 0.113 e. The molecule has 1 fully saturated rings. The molecule has 0 aromatic carbocycles. The van der Waals surface area contributed by atoms with Crippen LogP contribution in [0.2, 0.25) is 0 Å². The van der Waals surface area contributed by atoms with Crippen molar-refractivity contribution in [3.63, 3.8) is 0 Å². The summed E-state index contributed by atoms with van der Waals surface area (Å²) in [5.74, 6) is 1.64. The van der Waals surface area contributed by atoms with E-state index < -0.39 is 0 Å². The minimum Gasteiger partial charge on any atom is -0.371 e. The summed E-state index contributed by atoms with van der Waals surface area (Å²) in [5.41, 5.74) is 5.33. The Bertz CT molecular complexity index is 795. The summed E-state index contributed by atoms with van der Waals surface area (Å²) < 4.78 is 2.25. The molecule has 6 heteroatoms. The molecular formula is C18H21N5S. The van der Waals surface area contributed by atoms with Crippen LogP contribution >= 0.6 is 11.3 Å². The van der Waals surface area contributed by atoms with Crippen molar-refractivity contribution >= 4 is 17.0 Å². The van der Waals surface area contributed by atoms with Crippen LogP contribution in [0.25, 0.3) is 0 Å². The largest absolute Gasteiger partial charge is 0.371 e. The van der Waals surface area contributed by atoms with E-state index in [9.17, 15) is 0 Å². The number of anilines is 1. The molecule has 0 unspecified atom stereocenters. The summed E-state index contributed by atoms with van der Waals surface area (Å²) in [6.45, 7) is 4.97. The van der Waals surface area contributed by atoms with Crippen molar-refractivity contribution < 1.29 is 0 Å². The van der Waals surface area contributed by atoms with E-state index in [0.717, 1.165) is 31.0 Å². The highest BCUT2D eigenvalue weighted by Crippen LogP contribution is 2.29. The van der Waals surface area contributed by atoms with E-state index in [1.807, 2.05) is 24.8 Å². The van der Waals surface area contributed by atoms with Crippen LogP contribution in [0.1, 0.15) is 36.0 Å². The molecular weight excluding hydrogens is 318 g/mol. The molecule has 124 valence electrons. The molecule has 24 heavy (non-hydrogen) atoms. The standard InChI is InChI=1S/C18H21N5S/c1-14-9-17(4-5-19-14)22-7-2-3-15(10-22)18-20-6-8-23(18)11-16-12-24-13-21-16/h4-6,8-9,12-13,15H,2-3,7,10-11H2,1H3/t15-/m1/s1. The lowest BCUT2D eigenvalue weighted by Crippen LogP contribution is -2.35. The Hall–Kier alpha value is -2.21. The van der Waals surface area contributed by atoms with Crippen molar-refractivity contribution in [2.24, 2.45) is 0 Å². The summed E-state index contributed by atoms with van der Waals surface area (Å²) in [6, 6.07) is 4.28. The van der Waals surface area contributed by atoms with Gasteiger partial charge in [0.2, 0.25) is 0 Å². The molecule has 1 aliphatic rings. The van der Waals surface area contributed by atoms with Gasteiger partial charge in [0.15, 0.2) is 0 Å². The number of nitrogens with zero attached hydrogens (tertiary/aromatic N) is 5. The number of imidazole rings is 1. The maximum absolute atomic E-state index is 4.67. The Morgan fingerprint density at radius 1 is 1.25 bits per heavy atom. The van der Waals surface area contributed by atoms with Gasteiger partial charge in [-0.05, 0) is 31.9 Å². The highest BCUT2D eigenvalue weighted by Gasteiger charge is 2.25. The van der Waals surface area contributed by atoms with Crippen LogP contribution in [0.5, 0.6) is 0 Å². The monoisotopic (exact) mass is 339 g/mol. The van der Waals surface area contributed by atoms with Crippen LogP contribution in [0.4, 0.5) is 5.69 Å². The van der Waals surface area contributed by atoms with Crippen LogP contribution in [-0.4, -0.2) is 32.6 Å². The number of aromatic nitrogens is 4. The normalized spacial score (nSPS) is 18.0. The fourth-order valence-corrected chi connectivity index (χ4v) is 4.00. The van der Waals surface area contributed by atoms with E-state index in [0.29, 0.717) is 5.92 Å². The van der Waals surface area contributed by atoms with E-state index in [-0.39, 0.29) is 0 Å². The Morgan fingerprint density at radius 2 is 2.21 bits per heavy atom. The smallest absolute Gasteiger partial charge is 0.113 e. The molecule has 4 heterocycles. The molecule has 0 N–H and O–H groups in total. The number of rotatable bonds is 4. The molecule has 3 aromatic rings. The van der Waals surface area contributed by atoms with Crippen molar-refractivity contribution in [1.29, 1.82) is 0 Å². The molecule has 4 rings (SSSR count). The van der Waals surface area contributed by atoms with E-state index in [4.69, 9.17) is 0 Å². The summed E-state index contributed by atoms with van der Waals surface area (Å²) in [5, 5.41) is 2.11. The molecule has 0 radical (unpaired) electrons. The zero-order chi connectivity index (χ0) is 16.4. The maximum atomic E-state index is 4.67. The predicted octanol–water partition coefficient (Wildman–Crippen LogP) is 3.48. The van der Waals surface area contributed by atoms with Gasteiger partial charge in [-0.15, -0.1) is 11.3 Å². The lowest BCUT2D eigenvalue weighted by Gasteiger charge is -2.34. The first-order valence-electron chi connectivity index (χ1n) is 8.35. The molecule has 0 spiro atoms. The lowest BCUT2D eigenvalue weighted by atomic mass is 9.96. The van der Waals surface area contributed by atoms with Gasteiger partial charge in [0.1, 0.15) is 5.82 Å². The summed E-state index contributed by atoms with van der Waals surface area (Å²) in [4.78, 5) is 15.8. The second kappa shape index (κ2) is 6.73. The van der Waals surface area contributed by atoms with Crippen molar-refractivity contribution in [3.05, 3.63) is 58.8 Å². The van der Waals surface area contributed by atoms with Gasteiger partial charge in [-0.3, -0.25) is 4.98 Å². The number of hydrogen-bond donors (Lipinski definition) is 0. The summed E-state index contributed by atoms with van der Waals surface area (Å²) in [7, 11) is 0. The van der Waals surface area contributed by atoms with Gasteiger partial charge in [0.25, 0.3) is 0 Å². The van der Waals surface area contributed by atoms with Crippen LogP contribution in [0.3, 0.4) is 0 Å². The fraction of sp³-hybridized carbons (Fsp3) is 0.389. The van der Waals surface area contributed by atoms with Gasteiger partial charge in [-0.25, -0.2) is 9.97 Å². The van der Waals surface area contributed by atoms with E-state index in [1.165, 1.54) is 24.4 Å². The van der Waals surface area contributed by atoms with Gasteiger partial charge in [0.05, 0.1) is 17.7 Å². The van der Waals surface area contributed by atoms with Crippen molar-refractivity contribution in [3.8, 4) is 0 Å². The van der Waals surface area contributed by atoms with Crippen LogP contribution in [-0.2, 0) is 6.54 Å². The van der Waals surface area contributed by atoms with Crippen LogP contribution in [0.15, 0.2) is 41.6 Å². The second-order valence-electron chi connectivity index (χ2n) is 6.33. The Balaban J connectivity index is 1.53. The third-order valence-corrected chi connectivity index (χ3v) is 5.23. The minimum atomic E-state index is 0.459. The Morgan fingerprint density at radius 3 is 3.04 bits per heavy atom. The minimum absolute atomic E-state index is 0.459. The van der Waals surface area contributed by atoms with Crippen molar-refractivity contribution in [1.82, 2.24) is 19.5 Å². The molecule has 0 amide bonds. The predicted molar refractivity (Wildman–Crippen MR) is 96.6 cm³/mol. The highest BCUT2D eigenvalue weighted by atomic mass is 32.1. The topological polar surface area (TPSA) is 46.8 Å². The number of pyridine rings is 1. The SMILES string of the molecule is Cc1cc(N2CCC[C@@H](c3nccn3Cc3cscn3)C2)ccn1. The first kappa shape index (κ1) is 15.3. The molecule has 1 saturated heterocycles. The number of aryl methyl sites for hydroxylation is 1. The van der Waals surface area contributed by atoms with Gasteiger partial charge >= 0.3 is 0 Å². The average molecular weight is 339 g/mol. The number of piperidine rings is 1. The number of hydrogen-bond acceptors (Lipinski definition) is 5. The van der Waals surface area contributed by atoms with Crippen molar-refractivity contribution in [2.75, 3.05) is 18.0 Å². The Kier molecular flexibility index (Phi) is 4.30. The quantitative estimate of drug-likeness (QED) is 0.730. The van der Waals surface area contributed by atoms with Gasteiger partial charge in [0, 0.05) is 54.4 Å². The first-order chi connectivity index (χ1) is 11.8. The first-order valence-corrected chi connectivity index (χ1v) is 9.29. The third kappa shape index (κ3) is 3.19. The van der Waals surface area contributed by atoms with E-state index in [1.54, 1.807) is 11.3 Å². The molecule has 5 nitrogen and oxygen atoms in total. The summed E-state index contributed by atoms with van der Waals surface area (Å²) >= 11 is 1.64. The lowest BCUT2D eigenvalue weighted by molar-refractivity contribution is 0.475. The zero-order valence-corrected chi connectivity index (χ0v) is 14.6. The van der Waals surface area contributed by atoms with Crippen LogP contribution < -0.4 is 4.90 Å². The van der Waals surface area contributed by atoms with E-state index in [2.05, 4.69) is 48.1 Å². The average Bonchev–Trinajstić information content (AvgIpc) is 3.27. The molecule has 3 aromatic heterocycles. The van der Waals surface area contributed by atoms with Crippen molar-refractivity contribution in [2.45, 2.75) is 32.2 Å². The van der Waals surface area contributed by atoms with Gasteiger partial charge < -0.3 is 9.47 Å². The molecule has 0 bridgehead atoms. The van der Waals surface area contributed by atoms with Gasteiger partial charge in [-0.2, -0.15) is 0 Å². The zero-order valence-electron chi connectivity index (χ0n) is 13.8. The highest BCUT2D eigenvalue weighted by molar-refractivity contribution is 7.07. The van der Waals surface area contributed by atoms with Gasteiger partial charge in [-0.1, -0.05) is 0 Å². The Labute approximate surface area is 146 Å². The summed E-state index contributed by atoms with van der Waals surface area (Å²) in [6.07, 6.45) is 8.27. The van der Waals surface area contributed by atoms with Crippen LogP contribution in [0, 0.1) is 6.92 Å². The molecule has 0 aliphatic carbocycles. The number of thiazole rings is 1. The van der Waals surface area contributed by atoms with E-state index >= 15 is 0 Å². The molecule has 1 aliphatic heterocycles. The fourth-order valence-electron chi connectivity index (χ4n) is 3.45. The molecule has 0 saturated carbocycles. The second-order valence-corrected chi connectivity index (χ2v) is 7.05. The molecule has 1 atom stereocenters.